The van der Waals surface area contributed by atoms with Crippen molar-refractivity contribution in [2.75, 3.05) is 0 Å². The smallest absolute Gasteiger partial charge is 0.226 e. The van der Waals surface area contributed by atoms with Crippen molar-refractivity contribution in [2.24, 2.45) is 0 Å². The van der Waals surface area contributed by atoms with Crippen LogP contribution in [0.5, 0.6) is 0 Å². The molecule has 1 heterocycles. The third kappa shape index (κ3) is 3.37. The summed E-state index contributed by atoms with van der Waals surface area (Å²) in [5.74, 6) is -0.496. The highest BCUT2D eigenvalue weighted by atomic mass is 32.2. The Morgan fingerprint density at radius 1 is 1.37 bits per heavy atom. The predicted octanol–water partition coefficient (Wildman–Crippen LogP) is 2.14. The number of nitrogens with zero attached hydrogens (tertiary/aromatic N) is 2. The van der Waals surface area contributed by atoms with Crippen LogP contribution in [0, 0.1) is 5.82 Å². The molecule has 7 heteroatoms. The van der Waals surface area contributed by atoms with Crippen molar-refractivity contribution in [3.63, 3.8) is 0 Å². The van der Waals surface area contributed by atoms with Crippen molar-refractivity contribution in [2.45, 2.75) is 30.4 Å². The van der Waals surface area contributed by atoms with Crippen molar-refractivity contribution in [3.05, 3.63) is 41.8 Å². The molecule has 0 unspecified atom stereocenters. The zero-order valence-corrected chi connectivity index (χ0v) is 11.2. The van der Waals surface area contributed by atoms with E-state index >= 15 is 0 Å². The van der Waals surface area contributed by atoms with Gasteiger partial charge in [0.05, 0.1) is 4.90 Å². The molecule has 5 nitrogen and oxygen atoms in total. The van der Waals surface area contributed by atoms with Gasteiger partial charge in [0.2, 0.25) is 5.89 Å². The van der Waals surface area contributed by atoms with Crippen molar-refractivity contribution >= 4 is 9.84 Å². The molecule has 19 heavy (non-hydrogen) atoms. The van der Waals surface area contributed by atoms with Crippen LogP contribution in [-0.2, 0) is 22.0 Å². The van der Waals surface area contributed by atoms with E-state index in [9.17, 15) is 12.8 Å². The summed E-state index contributed by atoms with van der Waals surface area (Å²) in [7, 11) is -3.66. The minimum Gasteiger partial charge on any atom is -0.339 e. The number of sulfone groups is 1. The molecular weight excluding hydrogens is 271 g/mol. The first kappa shape index (κ1) is 13.7. The average molecular weight is 284 g/mol. The fraction of sp³-hybridized carbons (Fsp3) is 0.333. The lowest BCUT2D eigenvalue weighted by Crippen LogP contribution is -2.06. The SMILES string of the molecule is CCCc1nc(CS(=O)(=O)c2cccc(F)c2)no1. The summed E-state index contributed by atoms with van der Waals surface area (Å²) in [5, 5.41) is 3.61. The normalized spacial score (nSPS) is 11.7. The Hall–Kier alpha value is -1.76. The zero-order valence-electron chi connectivity index (χ0n) is 10.3. The molecule has 0 radical (unpaired) electrons. The van der Waals surface area contributed by atoms with Crippen LogP contribution in [0.15, 0.2) is 33.7 Å². The first-order valence-corrected chi connectivity index (χ1v) is 7.46. The van der Waals surface area contributed by atoms with Crippen LogP contribution in [0.25, 0.3) is 0 Å². The van der Waals surface area contributed by atoms with Crippen LogP contribution in [0.4, 0.5) is 4.39 Å². The molecule has 0 atom stereocenters. The van der Waals surface area contributed by atoms with Crippen LogP contribution in [0.1, 0.15) is 25.1 Å². The molecule has 0 fully saturated rings. The van der Waals surface area contributed by atoms with E-state index in [0.29, 0.717) is 12.3 Å². The van der Waals surface area contributed by atoms with Crippen molar-refractivity contribution in [1.29, 1.82) is 0 Å². The van der Waals surface area contributed by atoms with E-state index in [4.69, 9.17) is 4.52 Å². The lowest BCUT2D eigenvalue weighted by atomic mass is 10.3. The van der Waals surface area contributed by atoms with Crippen LogP contribution in [-0.4, -0.2) is 18.6 Å². The van der Waals surface area contributed by atoms with Gasteiger partial charge in [-0.25, -0.2) is 12.8 Å². The lowest BCUT2D eigenvalue weighted by Gasteiger charge is -2.01. The van der Waals surface area contributed by atoms with Gasteiger partial charge in [-0.15, -0.1) is 0 Å². The van der Waals surface area contributed by atoms with E-state index in [1.807, 2.05) is 6.92 Å². The van der Waals surface area contributed by atoms with Gasteiger partial charge in [0.1, 0.15) is 11.6 Å². The second kappa shape index (κ2) is 5.48. The molecule has 2 aromatic rings. The molecule has 2 rings (SSSR count). The Kier molecular flexibility index (Phi) is 3.94. The van der Waals surface area contributed by atoms with E-state index in [-0.39, 0.29) is 10.7 Å². The van der Waals surface area contributed by atoms with Gasteiger partial charge in [0.25, 0.3) is 0 Å². The minimum atomic E-state index is -3.66. The second-order valence-corrected chi connectivity index (χ2v) is 6.06. The number of rotatable bonds is 5. The van der Waals surface area contributed by atoms with Crippen molar-refractivity contribution in [1.82, 2.24) is 10.1 Å². The summed E-state index contributed by atoms with van der Waals surface area (Å²) < 4.78 is 42.0. The van der Waals surface area contributed by atoms with Gasteiger partial charge in [0.15, 0.2) is 15.7 Å². The summed E-state index contributed by atoms with van der Waals surface area (Å²) in [6.07, 6.45) is 1.44. The Morgan fingerprint density at radius 2 is 2.16 bits per heavy atom. The molecule has 0 saturated carbocycles. The number of halogens is 1. The highest BCUT2D eigenvalue weighted by Crippen LogP contribution is 2.16. The fourth-order valence-electron chi connectivity index (χ4n) is 1.58. The maximum Gasteiger partial charge on any atom is 0.226 e. The Bertz CT molecular complexity index is 667. The standard InChI is InChI=1S/C12H13FN2O3S/c1-2-4-12-14-11(15-18-12)8-19(16,17)10-6-3-5-9(13)7-10/h3,5-7H,2,4,8H2,1H3. The quantitative estimate of drug-likeness (QED) is 0.841. The lowest BCUT2D eigenvalue weighted by molar-refractivity contribution is 0.373. The number of benzene rings is 1. The summed E-state index contributed by atoms with van der Waals surface area (Å²) in [4.78, 5) is 3.89. The number of hydrogen-bond acceptors (Lipinski definition) is 5. The van der Waals surface area contributed by atoms with Gasteiger partial charge in [-0.05, 0) is 24.6 Å². The number of aryl methyl sites for hydroxylation is 1. The topological polar surface area (TPSA) is 73.1 Å². The van der Waals surface area contributed by atoms with E-state index < -0.39 is 21.4 Å². The first-order chi connectivity index (χ1) is 9.01. The zero-order chi connectivity index (χ0) is 13.9. The molecule has 0 N–H and O–H groups in total. The maximum atomic E-state index is 13.0. The minimum absolute atomic E-state index is 0.0886. The Morgan fingerprint density at radius 3 is 2.84 bits per heavy atom. The fourth-order valence-corrected chi connectivity index (χ4v) is 2.78. The highest BCUT2D eigenvalue weighted by molar-refractivity contribution is 7.90. The molecule has 1 aromatic carbocycles. The van der Waals surface area contributed by atoms with Crippen LogP contribution in [0.3, 0.4) is 0 Å². The molecule has 0 saturated heterocycles. The third-order valence-electron chi connectivity index (χ3n) is 2.45. The largest absolute Gasteiger partial charge is 0.339 e. The van der Waals surface area contributed by atoms with Gasteiger partial charge >= 0.3 is 0 Å². The van der Waals surface area contributed by atoms with Gasteiger partial charge < -0.3 is 4.52 Å². The predicted molar refractivity (Wildman–Crippen MR) is 65.6 cm³/mol. The molecule has 0 aliphatic carbocycles. The molecule has 0 bridgehead atoms. The van der Waals surface area contributed by atoms with Crippen molar-refractivity contribution < 1.29 is 17.3 Å². The van der Waals surface area contributed by atoms with E-state index in [1.165, 1.54) is 18.2 Å². The number of hydrogen-bond donors (Lipinski definition) is 0. The molecule has 0 aliphatic rings. The van der Waals surface area contributed by atoms with Gasteiger partial charge in [0, 0.05) is 6.42 Å². The van der Waals surface area contributed by atoms with E-state index in [0.717, 1.165) is 12.5 Å². The highest BCUT2D eigenvalue weighted by Gasteiger charge is 2.19. The molecule has 0 spiro atoms. The molecular formula is C12H13FN2O3S. The third-order valence-corrected chi connectivity index (χ3v) is 4.06. The summed E-state index contributed by atoms with van der Waals surface area (Å²) in [6.45, 7) is 1.95. The van der Waals surface area contributed by atoms with Gasteiger partial charge in [-0.1, -0.05) is 18.1 Å². The van der Waals surface area contributed by atoms with E-state index in [2.05, 4.69) is 10.1 Å². The van der Waals surface area contributed by atoms with Gasteiger partial charge in [-0.3, -0.25) is 0 Å². The maximum absolute atomic E-state index is 13.0. The molecule has 0 amide bonds. The summed E-state index contributed by atoms with van der Waals surface area (Å²) >= 11 is 0. The summed E-state index contributed by atoms with van der Waals surface area (Å²) in [5.41, 5.74) is 0. The number of aromatic nitrogens is 2. The second-order valence-electron chi connectivity index (χ2n) is 4.07. The Balaban J connectivity index is 2.21. The van der Waals surface area contributed by atoms with E-state index in [1.54, 1.807) is 0 Å². The van der Waals surface area contributed by atoms with Crippen LogP contribution >= 0.6 is 0 Å². The Labute approximate surface area is 110 Å². The molecule has 102 valence electrons. The van der Waals surface area contributed by atoms with Crippen LogP contribution in [0.2, 0.25) is 0 Å². The molecule has 0 aliphatic heterocycles. The van der Waals surface area contributed by atoms with Crippen molar-refractivity contribution in [3.8, 4) is 0 Å². The summed E-state index contributed by atoms with van der Waals surface area (Å²) in [6, 6.07) is 4.85. The average Bonchev–Trinajstić information content (AvgIpc) is 2.76. The molecule has 1 aromatic heterocycles. The first-order valence-electron chi connectivity index (χ1n) is 5.81. The van der Waals surface area contributed by atoms with Gasteiger partial charge in [-0.2, -0.15) is 4.98 Å². The van der Waals surface area contributed by atoms with Crippen LogP contribution < -0.4 is 0 Å². The monoisotopic (exact) mass is 284 g/mol.